The van der Waals surface area contributed by atoms with Crippen molar-refractivity contribution in [2.24, 2.45) is 0 Å². The summed E-state index contributed by atoms with van der Waals surface area (Å²) in [4.78, 5) is 23.3. The van der Waals surface area contributed by atoms with Gasteiger partial charge >= 0.3 is 7.82 Å². The van der Waals surface area contributed by atoms with Gasteiger partial charge in [-0.3, -0.25) is 13.8 Å². The molecule has 68 heavy (non-hydrogen) atoms. The molecular weight excluding hydrogens is 864 g/mol. The van der Waals surface area contributed by atoms with Crippen LogP contribution in [0.5, 0.6) is 0 Å². The normalized spacial score (nSPS) is 13.9. The molecule has 1 amide bonds. The number of aliphatic hydroxyl groups is 1. The highest BCUT2D eigenvalue weighted by atomic mass is 31.2. The second kappa shape index (κ2) is 51.2. The number of phosphoric ester groups is 1. The van der Waals surface area contributed by atoms with Crippen LogP contribution in [0.1, 0.15) is 309 Å². The predicted octanol–water partition coefficient (Wildman–Crippen LogP) is 18.2. The van der Waals surface area contributed by atoms with E-state index in [4.69, 9.17) is 9.05 Å². The van der Waals surface area contributed by atoms with Crippen molar-refractivity contribution in [3.63, 3.8) is 0 Å². The molecule has 0 aliphatic heterocycles. The van der Waals surface area contributed by atoms with Crippen molar-refractivity contribution in [1.29, 1.82) is 0 Å². The number of allylic oxidation sites excluding steroid dienone is 1. The summed E-state index contributed by atoms with van der Waals surface area (Å²) in [5.74, 6) is -0.170. The standard InChI is InChI=1S/C59H119N2O6P/c1-6-8-10-12-14-16-18-20-22-23-24-25-26-27-28-29-30-31-32-33-34-35-36-37-38-39-41-43-45-47-49-51-53-59(63)60-57(56-67-68(64,65)66-55-54-61(3,4)5)58(62)52-50-48-46-44-42-40-21-19-17-15-13-11-9-7-2/h50,52,57-58,62H,6-49,51,53-56H2,1-5H3,(H-,60,63,64,65)/p+1/b52-50+/t57-,58+/m0/s1. The first kappa shape index (κ1) is 67.2. The van der Waals surface area contributed by atoms with Crippen molar-refractivity contribution >= 4 is 13.7 Å². The molecule has 1 unspecified atom stereocenters. The number of phosphoric acid groups is 1. The molecular formula is C59H120N2O6P+. The van der Waals surface area contributed by atoms with Crippen molar-refractivity contribution in [3.8, 4) is 0 Å². The van der Waals surface area contributed by atoms with E-state index in [1.807, 2.05) is 27.2 Å². The van der Waals surface area contributed by atoms with Gasteiger partial charge in [-0.15, -0.1) is 0 Å². The van der Waals surface area contributed by atoms with Gasteiger partial charge in [-0.2, -0.15) is 0 Å². The predicted molar refractivity (Wildman–Crippen MR) is 295 cm³/mol. The van der Waals surface area contributed by atoms with Gasteiger partial charge in [-0.25, -0.2) is 4.57 Å². The summed E-state index contributed by atoms with van der Waals surface area (Å²) in [5, 5.41) is 13.9. The molecule has 0 aromatic rings. The lowest BCUT2D eigenvalue weighted by atomic mass is 10.0. The fraction of sp³-hybridized carbons (Fsp3) is 0.949. The minimum absolute atomic E-state index is 0.0650. The second-order valence-corrected chi connectivity index (χ2v) is 23.5. The van der Waals surface area contributed by atoms with Crippen molar-refractivity contribution in [1.82, 2.24) is 5.32 Å². The van der Waals surface area contributed by atoms with Gasteiger partial charge in [0.2, 0.25) is 5.91 Å². The Balaban J connectivity index is 3.97. The van der Waals surface area contributed by atoms with Gasteiger partial charge in [-0.05, 0) is 19.3 Å². The third-order valence-electron chi connectivity index (χ3n) is 14.0. The highest BCUT2D eigenvalue weighted by Gasteiger charge is 2.27. The van der Waals surface area contributed by atoms with E-state index in [1.165, 1.54) is 250 Å². The number of carbonyl (C=O) groups excluding carboxylic acids is 1. The zero-order chi connectivity index (χ0) is 49.9. The molecule has 9 heteroatoms. The van der Waals surface area contributed by atoms with E-state index in [0.717, 1.165) is 38.5 Å². The van der Waals surface area contributed by atoms with Crippen molar-refractivity contribution in [2.75, 3.05) is 40.9 Å². The number of unbranched alkanes of at least 4 members (excludes halogenated alkanes) is 43. The fourth-order valence-electron chi connectivity index (χ4n) is 9.28. The molecule has 0 aromatic carbocycles. The quantitative estimate of drug-likeness (QED) is 0.0243. The van der Waals surface area contributed by atoms with E-state index >= 15 is 0 Å². The number of hydrogen-bond donors (Lipinski definition) is 3. The first-order valence-corrected chi connectivity index (χ1v) is 31.6. The van der Waals surface area contributed by atoms with Gasteiger partial charge in [0.15, 0.2) is 0 Å². The number of likely N-dealkylation sites (N-methyl/N-ethyl adjacent to an activating group) is 1. The number of rotatable bonds is 56. The molecule has 0 aromatic heterocycles. The first-order valence-electron chi connectivity index (χ1n) is 30.1. The van der Waals surface area contributed by atoms with E-state index < -0.39 is 20.0 Å². The Morgan fingerprint density at radius 3 is 1.09 bits per heavy atom. The summed E-state index contributed by atoms with van der Waals surface area (Å²) in [6, 6.07) is -0.841. The highest BCUT2D eigenvalue weighted by molar-refractivity contribution is 7.47. The molecule has 406 valence electrons. The zero-order valence-electron chi connectivity index (χ0n) is 46.4. The summed E-state index contributed by atoms with van der Waals surface area (Å²) in [6.07, 6.45) is 63.3. The zero-order valence-corrected chi connectivity index (χ0v) is 47.3. The third kappa shape index (κ3) is 53.0. The number of carbonyl (C=O) groups is 1. The molecule has 3 N–H and O–H groups in total. The molecule has 8 nitrogen and oxygen atoms in total. The highest BCUT2D eigenvalue weighted by Crippen LogP contribution is 2.43. The van der Waals surface area contributed by atoms with E-state index in [0.29, 0.717) is 17.4 Å². The van der Waals surface area contributed by atoms with Gasteiger partial charge in [0.05, 0.1) is 39.9 Å². The number of aliphatic hydroxyl groups excluding tert-OH is 1. The van der Waals surface area contributed by atoms with Crippen molar-refractivity contribution < 1.29 is 32.9 Å². The molecule has 0 heterocycles. The van der Waals surface area contributed by atoms with Crippen LogP contribution in [0.15, 0.2) is 12.2 Å². The largest absolute Gasteiger partial charge is 0.472 e. The Hall–Kier alpha value is -0.760. The van der Waals surface area contributed by atoms with Crippen LogP contribution >= 0.6 is 7.82 Å². The topological polar surface area (TPSA) is 105 Å². The molecule has 0 bridgehead atoms. The molecule has 0 fully saturated rings. The van der Waals surface area contributed by atoms with Crippen LogP contribution in [0.3, 0.4) is 0 Å². The van der Waals surface area contributed by atoms with Gasteiger partial charge in [-0.1, -0.05) is 296 Å². The lowest BCUT2D eigenvalue weighted by molar-refractivity contribution is -0.870. The van der Waals surface area contributed by atoms with Crippen LogP contribution in [-0.2, 0) is 18.4 Å². The average molecular weight is 985 g/mol. The van der Waals surface area contributed by atoms with E-state index in [9.17, 15) is 19.4 Å². The molecule has 3 atom stereocenters. The van der Waals surface area contributed by atoms with Crippen LogP contribution in [0, 0.1) is 0 Å². The minimum Gasteiger partial charge on any atom is -0.387 e. The molecule has 0 aliphatic carbocycles. The van der Waals surface area contributed by atoms with Crippen LogP contribution in [0.25, 0.3) is 0 Å². The summed E-state index contributed by atoms with van der Waals surface area (Å²) < 4.78 is 23.7. The number of quaternary nitrogens is 1. The molecule has 0 spiro atoms. The Labute approximate surface area is 424 Å². The third-order valence-corrected chi connectivity index (χ3v) is 15.0. The second-order valence-electron chi connectivity index (χ2n) is 22.1. The average Bonchev–Trinajstić information content (AvgIpc) is 3.30. The van der Waals surface area contributed by atoms with Crippen molar-refractivity contribution in [3.05, 3.63) is 12.2 Å². The molecule has 0 radical (unpaired) electrons. The van der Waals surface area contributed by atoms with Crippen LogP contribution in [-0.4, -0.2) is 73.4 Å². The molecule has 0 saturated heterocycles. The van der Waals surface area contributed by atoms with E-state index in [-0.39, 0.29) is 19.1 Å². The lowest BCUT2D eigenvalue weighted by Crippen LogP contribution is -2.45. The molecule has 0 aliphatic rings. The van der Waals surface area contributed by atoms with Crippen LogP contribution in [0.4, 0.5) is 0 Å². The molecule has 0 saturated carbocycles. The number of amides is 1. The maximum Gasteiger partial charge on any atom is 0.472 e. The number of nitrogens with one attached hydrogen (secondary N) is 1. The Morgan fingerprint density at radius 2 is 0.779 bits per heavy atom. The maximum absolute atomic E-state index is 13.0. The Kier molecular flexibility index (Phi) is 50.6. The maximum atomic E-state index is 13.0. The summed E-state index contributed by atoms with van der Waals surface area (Å²) in [6.45, 7) is 4.86. The van der Waals surface area contributed by atoms with Crippen molar-refractivity contribution in [2.45, 2.75) is 321 Å². The Morgan fingerprint density at radius 1 is 0.485 bits per heavy atom. The lowest BCUT2D eigenvalue weighted by Gasteiger charge is -2.25. The number of hydrogen-bond acceptors (Lipinski definition) is 5. The Bertz CT molecular complexity index is 1120. The fourth-order valence-corrected chi connectivity index (χ4v) is 10.0. The smallest absolute Gasteiger partial charge is 0.387 e. The SMILES string of the molecule is CCCCCCCCCCCCCC/C=C/[C@@H](O)[C@H](COP(=O)(O)OCC[N+](C)(C)C)NC(=O)CCCCCCCCCCCCCCCCCCCCCCCCCCCCCCCCCC. The van der Waals surface area contributed by atoms with Gasteiger partial charge in [0, 0.05) is 6.42 Å². The molecule has 0 rings (SSSR count). The first-order chi connectivity index (χ1) is 33.0. The van der Waals surface area contributed by atoms with Crippen LogP contribution in [0.2, 0.25) is 0 Å². The number of nitrogens with zero attached hydrogens (tertiary/aromatic N) is 1. The van der Waals surface area contributed by atoms with Gasteiger partial charge in [0.25, 0.3) is 0 Å². The summed E-state index contributed by atoms with van der Waals surface area (Å²) >= 11 is 0. The summed E-state index contributed by atoms with van der Waals surface area (Å²) in [5.41, 5.74) is 0. The van der Waals surface area contributed by atoms with E-state index in [2.05, 4.69) is 19.2 Å². The van der Waals surface area contributed by atoms with Crippen LogP contribution < -0.4 is 5.32 Å². The van der Waals surface area contributed by atoms with Gasteiger partial charge < -0.3 is 19.8 Å². The monoisotopic (exact) mass is 984 g/mol. The summed E-state index contributed by atoms with van der Waals surface area (Å²) in [7, 11) is 1.59. The van der Waals surface area contributed by atoms with Gasteiger partial charge in [0.1, 0.15) is 13.2 Å². The minimum atomic E-state index is -4.34. The van der Waals surface area contributed by atoms with E-state index in [1.54, 1.807) is 6.08 Å².